The van der Waals surface area contributed by atoms with Gasteiger partial charge in [-0.3, -0.25) is 4.79 Å². The van der Waals surface area contributed by atoms with Gasteiger partial charge >= 0.3 is 0 Å². The van der Waals surface area contributed by atoms with Gasteiger partial charge in [-0.1, -0.05) is 6.92 Å². The largest absolute Gasteiger partial charge is 0.341 e. The van der Waals surface area contributed by atoms with Crippen LogP contribution in [0.1, 0.15) is 55.9 Å². The summed E-state index contributed by atoms with van der Waals surface area (Å²) in [6.45, 7) is 6.58. The molecular weight excluding hydrogens is 290 g/mol. The molecule has 122 valence electrons. The monoisotopic (exact) mass is 313 g/mol. The van der Waals surface area contributed by atoms with Gasteiger partial charge in [0.15, 0.2) is 5.82 Å². The molecule has 0 saturated carbocycles. The second kappa shape index (κ2) is 6.48. The molecule has 0 aliphatic carbocycles. The van der Waals surface area contributed by atoms with Crippen LogP contribution in [0.2, 0.25) is 0 Å². The molecule has 2 aromatic heterocycles. The first-order chi connectivity index (χ1) is 11.1. The zero-order valence-corrected chi connectivity index (χ0v) is 14.0. The van der Waals surface area contributed by atoms with E-state index in [1.54, 1.807) is 6.20 Å². The molecule has 3 heterocycles. The lowest BCUT2D eigenvalue weighted by molar-refractivity contribution is -0.134. The lowest BCUT2D eigenvalue weighted by Crippen LogP contribution is -2.38. The number of nitrogens with one attached hydrogen (secondary N) is 1. The molecule has 23 heavy (non-hydrogen) atoms. The van der Waals surface area contributed by atoms with E-state index in [9.17, 15) is 4.79 Å². The highest BCUT2D eigenvalue weighted by molar-refractivity contribution is 5.76. The van der Waals surface area contributed by atoms with Gasteiger partial charge < -0.3 is 9.88 Å². The maximum absolute atomic E-state index is 12.3. The molecule has 0 bridgehead atoms. The molecule has 0 unspecified atom stereocenters. The molecule has 1 aliphatic rings. The Morgan fingerprint density at radius 3 is 2.87 bits per heavy atom. The summed E-state index contributed by atoms with van der Waals surface area (Å²) in [5.41, 5.74) is 2.70. The standard InChI is InChI=1S/C17H23N5O/c1-4-16(23)22-8-6-5-7-15(22)13-9-14(21-12(3)20-13)17-18-10-11(2)19-17/h9-10,15H,4-8H2,1-3H3,(H,18,19)/t15-/m1/s1. The van der Waals surface area contributed by atoms with Crippen molar-refractivity contribution < 1.29 is 4.79 Å². The van der Waals surface area contributed by atoms with Gasteiger partial charge in [-0.2, -0.15) is 0 Å². The number of aromatic amines is 1. The lowest BCUT2D eigenvalue weighted by atomic mass is 9.98. The van der Waals surface area contributed by atoms with E-state index < -0.39 is 0 Å². The van der Waals surface area contributed by atoms with Gasteiger partial charge in [-0.15, -0.1) is 0 Å². The number of H-pyrrole nitrogens is 1. The van der Waals surface area contributed by atoms with Crippen LogP contribution < -0.4 is 0 Å². The quantitative estimate of drug-likeness (QED) is 0.945. The maximum Gasteiger partial charge on any atom is 0.222 e. The molecule has 1 aliphatic heterocycles. The highest BCUT2D eigenvalue weighted by Gasteiger charge is 2.28. The average molecular weight is 313 g/mol. The Morgan fingerprint density at radius 2 is 2.17 bits per heavy atom. The van der Waals surface area contributed by atoms with Crippen molar-refractivity contribution in [2.75, 3.05) is 6.54 Å². The Kier molecular flexibility index (Phi) is 4.41. The number of nitrogens with zero attached hydrogens (tertiary/aromatic N) is 4. The SMILES string of the molecule is CCC(=O)N1CCCC[C@@H]1c1cc(-c2ncc(C)[nH]2)nc(C)n1. The highest BCUT2D eigenvalue weighted by Crippen LogP contribution is 2.31. The number of amides is 1. The minimum atomic E-state index is 0.0488. The van der Waals surface area contributed by atoms with Gasteiger partial charge in [-0.25, -0.2) is 15.0 Å². The van der Waals surface area contributed by atoms with E-state index in [1.165, 1.54) is 0 Å². The zero-order chi connectivity index (χ0) is 16.4. The number of aryl methyl sites for hydroxylation is 2. The van der Waals surface area contributed by atoms with E-state index in [-0.39, 0.29) is 11.9 Å². The Morgan fingerprint density at radius 1 is 1.35 bits per heavy atom. The number of carbonyl (C=O) groups excluding carboxylic acids is 1. The van der Waals surface area contributed by atoms with Crippen LogP contribution in [0.4, 0.5) is 0 Å². The lowest BCUT2D eigenvalue weighted by Gasteiger charge is -2.35. The third-order valence-corrected chi connectivity index (χ3v) is 4.27. The first-order valence-electron chi connectivity index (χ1n) is 8.25. The number of hydrogen-bond donors (Lipinski definition) is 1. The molecule has 1 saturated heterocycles. The van der Waals surface area contributed by atoms with Crippen molar-refractivity contribution in [1.29, 1.82) is 0 Å². The summed E-state index contributed by atoms with van der Waals surface area (Å²) in [4.78, 5) is 30.9. The number of carbonyl (C=O) groups is 1. The van der Waals surface area contributed by atoms with Crippen LogP contribution in [0.3, 0.4) is 0 Å². The van der Waals surface area contributed by atoms with E-state index in [0.29, 0.717) is 12.2 Å². The zero-order valence-electron chi connectivity index (χ0n) is 14.0. The molecule has 2 aromatic rings. The van der Waals surface area contributed by atoms with Gasteiger partial charge in [0.2, 0.25) is 5.91 Å². The van der Waals surface area contributed by atoms with E-state index in [4.69, 9.17) is 0 Å². The van der Waals surface area contributed by atoms with Gasteiger partial charge in [0.25, 0.3) is 0 Å². The maximum atomic E-state index is 12.3. The second-order valence-corrected chi connectivity index (χ2v) is 6.09. The second-order valence-electron chi connectivity index (χ2n) is 6.09. The van der Waals surface area contributed by atoms with Crippen LogP contribution in [-0.2, 0) is 4.79 Å². The summed E-state index contributed by atoms with van der Waals surface area (Å²) in [7, 11) is 0. The summed E-state index contributed by atoms with van der Waals surface area (Å²) in [5, 5.41) is 0. The molecule has 6 nitrogen and oxygen atoms in total. The predicted octanol–water partition coefficient (Wildman–Crippen LogP) is 2.95. The van der Waals surface area contributed by atoms with Crippen molar-refractivity contribution >= 4 is 5.91 Å². The molecule has 1 N–H and O–H groups in total. The van der Waals surface area contributed by atoms with Crippen LogP contribution >= 0.6 is 0 Å². The minimum absolute atomic E-state index is 0.0488. The average Bonchev–Trinajstić information content (AvgIpc) is 3.00. The van der Waals surface area contributed by atoms with Crippen LogP contribution in [0.15, 0.2) is 12.3 Å². The number of piperidine rings is 1. The minimum Gasteiger partial charge on any atom is -0.341 e. The fourth-order valence-corrected chi connectivity index (χ4v) is 3.17. The smallest absolute Gasteiger partial charge is 0.222 e. The summed E-state index contributed by atoms with van der Waals surface area (Å²) in [6, 6.07) is 2.02. The molecular formula is C17H23N5O. The molecule has 0 radical (unpaired) electrons. The molecule has 1 atom stereocenters. The van der Waals surface area contributed by atoms with E-state index >= 15 is 0 Å². The Bertz CT molecular complexity index is 709. The van der Waals surface area contributed by atoms with Gasteiger partial charge in [0.05, 0.1) is 11.7 Å². The third-order valence-electron chi connectivity index (χ3n) is 4.27. The van der Waals surface area contributed by atoms with Crippen molar-refractivity contribution in [1.82, 2.24) is 24.8 Å². The number of aromatic nitrogens is 4. The first-order valence-corrected chi connectivity index (χ1v) is 8.25. The Labute approximate surface area is 136 Å². The van der Waals surface area contributed by atoms with E-state index in [1.807, 2.05) is 31.7 Å². The van der Waals surface area contributed by atoms with Crippen LogP contribution in [0.5, 0.6) is 0 Å². The number of likely N-dealkylation sites (tertiary alicyclic amines) is 1. The van der Waals surface area contributed by atoms with Gasteiger partial charge in [0, 0.05) is 24.9 Å². The molecule has 1 amide bonds. The topological polar surface area (TPSA) is 74.8 Å². The number of imidazole rings is 1. The molecule has 6 heteroatoms. The third kappa shape index (κ3) is 3.25. The van der Waals surface area contributed by atoms with Crippen molar-refractivity contribution in [3.63, 3.8) is 0 Å². The van der Waals surface area contributed by atoms with Crippen molar-refractivity contribution in [3.8, 4) is 11.5 Å². The van der Waals surface area contributed by atoms with E-state index in [0.717, 1.165) is 48.7 Å². The highest BCUT2D eigenvalue weighted by atomic mass is 16.2. The number of hydrogen-bond acceptors (Lipinski definition) is 4. The first kappa shape index (κ1) is 15.6. The molecule has 0 aromatic carbocycles. The normalized spacial score (nSPS) is 18.2. The fourth-order valence-electron chi connectivity index (χ4n) is 3.17. The summed E-state index contributed by atoms with van der Waals surface area (Å²) < 4.78 is 0. The Balaban J connectivity index is 1.98. The van der Waals surface area contributed by atoms with Crippen LogP contribution in [0.25, 0.3) is 11.5 Å². The fraction of sp³-hybridized carbons (Fsp3) is 0.529. The number of rotatable bonds is 3. The van der Waals surface area contributed by atoms with Crippen LogP contribution in [-0.4, -0.2) is 37.3 Å². The predicted molar refractivity (Wildman–Crippen MR) is 87.7 cm³/mol. The summed E-state index contributed by atoms with van der Waals surface area (Å²) in [6.07, 6.45) is 5.47. The molecule has 0 spiro atoms. The van der Waals surface area contributed by atoms with Crippen molar-refractivity contribution in [3.05, 3.63) is 29.5 Å². The Hall–Kier alpha value is -2.24. The summed E-state index contributed by atoms with van der Waals surface area (Å²) in [5.74, 6) is 1.65. The van der Waals surface area contributed by atoms with Gasteiger partial charge in [-0.05, 0) is 39.2 Å². The van der Waals surface area contributed by atoms with Crippen molar-refractivity contribution in [2.24, 2.45) is 0 Å². The van der Waals surface area contributed by atoms with Gasteiger partial charge in [0.1, 0.15) is 11.5 Å². The molecule has 1 fully saturated rings. The molecule has 3 rings (SSSR count). The van der Waals surface area contributed by atoms with Crippen LogP contribution in [0, 0.1) is 13.8 Å². The summed E-state index contributed by atoms with van der Waals surface area (Å²) >= 11 is 0. The van der Waals surface area contributed by atoms with E-state index in [2.05, 4.69) is 19.9 Å². The van der Waals surface area contributed by atoms with Crippen molar-refractivity contribution in [2.45, 2.75) is 52.5 Å².